The fraction of sp³-hybridized carbons (Fsp3) is 0.750. The van der Waals surface area contributed by atoms with Gasteiger partial charge in [-0.2, -0.15) is 0 Å². The van der Waals surface area contributed by atoms with Crippen molar-refractivity contribution in [1.82, 2.24) is 9.88 Å². The van der Waals surface area contributed by atoms with Gasteiger partial charge >= 0.3 is 0 Å². The van der Waals surface area contributed by atoms with E-state index in [4.69, 9.17) is 11.6 Å². The van der Waals surface area contributed by atoms with Crippen LogP contribution in [-0.2, 0) is 5.88 Å². The Hall–Kier alpha value is -0.120. The smallest absolute Gasteiger partial charge is 0.110 e. The average Bonchev–Trinajstić information content (AvgIpc) is 2.78. The minimum atomic E-state index is 0.381. The molecule has 0 bridgehead atoms. The first kappa shape index (κ1) is 13.9. The van der Waals surface area contributed by atoms with Crippen LogP contribution in [0.4, 0.5) is 0 Å². The summed E-state index contributed by atoms with van der Waals surface area (Å²) in [6.07, 6.45) is 2.37. The zero-order chi connectivity index (χ0) is 12.1. The van der Waals surface area contributed by atoms with Crippen molar-refractivity contribution in [2.24, 2.45) is 0 Å². The minimum Gasteiger partial charge on any atom is -0.294 e. The molecule has 4 heteroatoms. The van der Waals surface area contributed by atoms with E-state index in [0.29, 0.717) is 18.0 Å². The fourth-order valence-corrected chi connectivity index (χ4v) is 3.09. The van der Waals surface area contributed by atoms with Crippen LogP contribution < -0.4 is 0 Å². The predicted molar refractivity (Wildman–Crippen MR) is 72.2 cm³/mol. The van der Waals surface area contributed by atoms with Gasteiger partial charge in [-0.25, -0.2) is 4.98 Å². The molecule has 0 saturated heterocycles. The molecular formula is C12H21ClN2S. The van der Waals surface area contributed by atoms with Crippen LogP contribution in [-0.4, -0.2) is 23.0 Å². The molecule has 0 aliphatic carbocycles. The van der Waals surface area contributed by atoms with Gasteiger partial charge in [0, 0.05) is 11.4 Å². The molecule has 0 aliphatic rings. The standard InChI is InChI=1S/C12H21ClN2S/c1-5-11(6-2)15(4)9(3)12-14-10(7-13)8-16-12/h8-9,11H,5-7H2,1-4H3. The summed E-state index contributed by atoms with van der Waals surface area (Å²) in [7, 11) is 2.18. The maximum absolute atomic E-state index is 5.77. The molecule has 0 radical (unpaired) electrons. The summed E-state index contributed by atoms with van der Waals surface area (Å²) >= 11 is 7.48. The minimum absolute atomic E-state index is 0.381. The highest BCUT2D eigenvalue weighted by Gasteiger charge is 2.20. The zero-order valence-corrected chi connectivity index (χ0v) is 12.1. The summed E-state index contributed by atoms with van der Waals surface area (Å²) in [6, 6.07) is 1.02. The van der Waals surface area contributed by atoms with E-state index in [2.05, 4.69) is 43.1 Å². The van der Waals surface area contributed by atoms with Crippen LogP contribution in [0.25, 0.3) is 0 Å². The summed E-state index contributed by atoms with van der Waals surface area (Å²) in [6.45, 7) is 6.70. The highest BCUT2D eigenvalue weighted by molar-refractivity contribution is 7.09. The molecule has 0 fully saturated rings. The Morgan fingerprint density at radius 3 is 2.50 bits per heavy atom. The van der Waals surface area contributed by atoms with Crippen molar-refractivity contribution in [2.75, 3.05) is 7.05 Å². The lowest BCUT2D eigenvalue weighted by Gasteiger charge is -2.30. The third kappa shape index (κ3) is 3.19. The molecular weight excluding hydrogens is 240 g/mol. The largest absolute Gasteiger partial charge is 0.294 e. The number of aromatic nitrogens is 1. The Bertz CT molecular complexity index is 310. The van der Waals surface area contributed by atoms with Gasteiger partial charge in [0.05, 0.1) is 17.6 Å². The Labute approximate surface area is 108 Å². The van der Waals surface area contributed by atoms with Crippen LogP contribution in [0.3, 0.4) is 0 Å². The summed E-state index contributed by atoms with van der Waals surface area (Å²) in [5, 5.41) is 3.23. The first-order chi connectivity index (χ1) is 7.63. The molecule has 0 saturated carbocycles. The van der Waals surface area contributed by atoms with E-state index in [1.807, 2.05) is 0 Å². The molecule has 1 rings (SSSR count). The second kappa shape index (κ2) is 6.58. The van der Waals surface area contributed by atoms with Crippen molar-refractivity contribution in [3.63, 3.8) is 0 Å². The molecule has 0 amide bonds. The molecule has 0 aromatic carbocycles. The van der Waals surface area contributed by atoms with Crippen molar-refractivity contribution in [1.29, 1.82) is 0 Å². The number of thiazole rings is 1. The third-order valence-electron chi connectivity index (χ3n) is 3.19. The van der Waals surface area contributed by atoms with Crippen molar-refractivity contribution in [3.8, 4) is 0 Å². The van der Waals surface area contributed by atoms with Crippen LogP contribution in [0, 0.1) is 0 Å². The van der Waals surface area contributed by atoms with Crippen LogP contribution >= 0.6 is 22.9 Å². The van der Waals surface area contributed by atoms with Crippen molar-refractivity contribution in [2.45, 2.75) is 51.6 Å². The van der Waals surface area contributed by atoms with Gasteiger partial charge in [-0.15, -0.1) is 22.9 Å². The van der Waals surface area contributed by atoms with Gasteiger partial charge < -0.3 is 0 Å². The fourth-order valence-electron chi connectivity index (χ4n) is 1.93. The van der Waals surface area contributed by atoms with Gasteiger partial charge in [0.25, 0.3) is 0 Å². The second-order valence-corrected chi connectivity index (χ2v) is 5.28. The van der Waals surface area contributed by atoms with Crippen LogP contribution in [0.2, 0.25) is 0 Å². The molecule has 2 nitrogen and oxygen atoms in total. The molecule has 0 spiro atoms. The van der Waals surface area contributed by atoms with E-state index in [1.54, 1.807) is 11.3 Å². The average molecular weight is 261 g/mol. The summed E-state index contributed by atoms with van der Waals surface area (Å²) < 4.78 is 0. The maximum Gasteiger partial charge on any atom is 0.110 e. The maximum atomic E-state index is 5.77. The Morgan fingerprint density at radius 1 is 1.44 bits per heavy atom. The topological polar surface area (TPSA) is 16.1 Å². The quantitative estimate of drug-likeness (QED) is 0.717. The molecule has 1 aromatic heterocycles. The lowest BCUT2D eigenvalue weighted by Crippen LogP contribution is -2.32. The van der Waals surface area contributed by atoms with E-state index >= 15 is 0 Å². The van der Waals surface area contributed by atoms with Crippen molar-refractivity contribution < 1.29 is 0 Å². The van der Waals surface area contributed by atoms with E-state index in [-0.39, 0.29) is 0 Å². The van der Waals surface area contributed by atoms with E-state index < -0.39 is 0 Å². The second-order valence-electron chi connectivity index (χ2n) is 4.12. The third-order valence-corrected chi connectivity index (χ3v) is 4.53. The van der Waals surface area contributed by atoms with E-state index in [9.17, 15) is 0 Å². The number of hydrogen-bond donors (Lipinski definition) is 0. The number of nitrogens with zero attached hydrogens (tertiary/aromatic N) is 2. The Kier molecular flexibility index (Phi) is 5.73. The molecule has 1 atom stereocenters. The van der Waals surface area contributed by atoms with Crippen molar-refractivity contribution >= 4 is 22.9 Å². The Balaban J connectivity index is 2.72. The SMILES string of the molecule is CCC(CC)N(C)C(C)c1nc(CCl)cs1. The highest BCUT2D eigenvalue weighted by Crippen LogP contribution is 2.26. The first-order valence-electron chi connectivity index (χ1n) is 5.86. The van der Waals surface area contributed by atoms with Gasteiger partial charge in [-0.1, -0.05) is 13.8 Å². The molecule has 0 N–H and O–H groups in total. The number of rotatable bonds is 6. The van der Waals surface area contributed by atoms with Crippen LogP contribution in [0.1, 0.15) is 50.4 Å². The van der Waals surface area contributed by atoms with Gasteiger partial charge in [0.15, 0.2) is 0 Å². The summed E-state index contributed by atoms with van der Waals surface area (Å²) in [4.78, 5) is 6.96. The van der Waals surface area contributed by atoms with Gasteiger partial charge in [-0.05, 0) is 26.8 Å². The molecule has 1 aromatic rings. The van der Waals surface area contributed by atoms with Gasteiger partial charge in [-0.3, -0.25) is 4.90 Å². The number of hydrogen-bond acceptors (Lipinski definition) is 3. The van der Waals surface area contributed by atoms with Gasteiger partial charge in [0.2, 0.25) is 0 Å². The molecule has 1 heterocycles. The first-order valence-corrected chi connectivity index (χ1v) is 7.27. The van der Waals surface area contributed by atoms with Crippen LogP contribution in [0.5, 0.6) is 0 Å². The predicted octanol–water partition coefficient (Wildman–Crippen LogP) is 4.06. The van der Waals surface area contributed by atoms with E-state index in [0.717, 1.165) is 5.69 Å². The van der Waals surface area contributed by atoms with Crippen molar-refractivity contribution in [3.05, 3.63) is 16.1 Å². The monoisotopic (exact) mass is 260 g/mol. The lowest BCUT2D eigenvalue weighted by molar-refractivity contribution is 0.175. The van der Waals surface area contributed by atoms with Crippen LogP contribution in [0.15, 0.2) is 5.38 Å². The molecule has 0 aliphatic heterocycles. The number of halogens is 1. The molecule has 16 heavy (non-hydrogen) atoms. The highest BCUT2D eigenvalue weighted by atomic mass is 35.5. The van der Waals surface area contributed by atoms with E-state index in [1.165, 1.54) is 17.8 Å². The normalized spacial score (nSPS) is 13.7. The molecule has 92 valence electrons. The lowest BCUT2D eigenvalue weighted by atomic mass is 10.1. The van der Waals surface area contributed by atoms with Gasteiger partial charge in [0.1, 0.15) is 5.01 Å². The molecule has 1 unspecified atom stereocenters. The Morgan fingerprint density at radius 2 is 2.06 bits per heavy atom. The summed E-state index contributed by atoms with van der Waals surface area (Å²) in [5.74, 6) is 0.512. The zero-order valence-electron chi connectivity index (χ0n) is 10.5. The number of alkyl halides is 1. The summed E-state index contributed by atoms with van der Waals surface area (Å²) in [5.41, 5.74) is 0.992.